The van der Waals surface area contributed by atoms with Gasteiger partial charge < -0.3 is 11.1 Å². The number of nitro benzene ring substituents is 1. The molecule has 0 aliphatic rings. The summed E-state index contributed by atoms with van der Waals surface area (Å²) in [5.41, 5.74) is 7.09. The maximum absolute atomic E-state index is 12.2. The Hall–Kier alpha value is -2.60. The van der Waals surface area contributed by atoms with Crippen molar-refractivity contribution >= 4 is 34.6 Å². The van der Waals surface area contributed by atoms with Crippen LogP contribution in [0.15, 0.2) is 36.4 Å². The van der Waals surface area contributed by atoms with Gasteiger partial charge in [0.1, 0.15) is 0 Å². The topological polar surface area (TPSA) is 98.3 Å². The number of rotatable bonds is 3. The van der Waals surface area contributed by atoms with Gasteiger partial charge >= 0.3 is 0 Å². The number of nitrogens with zero attached hydrogens (tertiary/aromatic N) is 1. The molecule has 21 heavy (non-hydrogen) atoms. The Bertz CT molecular complexity index is 731. The van der Waals surface area contributed by atoms with Crippen LogP contribution in [0.1, 0.15) is 15.9 Å². The highest BCUT2D eigenvalue weighted by molar-refractivity contribution is 6.34. The van der Waals surface area contributed by atoms with Gasteiger partial charge in [-0.15, -0.1) is 0 Å². The predicted molar refractivity (Wildman–Crippen MR) is 81.7 cm³/mol. The standard InChI is InChI=1S/C14H12ClN3O3/c1-8-5-6-9(18(20)21)7-12(8)17-14(19)10-3-2-4-11(15)13(10)16/h2-7H,16H2,1H3,(H,17,19). The van der Waals surface area contributed by atoms with Gasteiger partial charge in [0.05, 0.1) is 26.9 Å². The number of hydrogen-bond donors (Lipinski definition) is 2. The first-order valence-electron chi connectivity index (χ1n) is 6.00. The van der Waals surface area contributed by atoms with Crippen LogP contribution in [0.5, 0.6) is 0 Å². The van der Waals surface area contributed by atoms with Crippen LogP contribution in [0.3, 0.4) is 0 Å². The molecule has 0 saturated carbocycles. The van der Waals surface area contributed by atoms with Crippen molar-refractivity contribution < 1.29 is 9.72 Å². The summed E-state index contributed by atoms with van der Waals surface area (Å²) in [6.45, 7) is 1.74. The minimum Gasteiger partial charge on any atom is -0.397 e. The molecule has 0 unspecified atom stereocenters. The smallest absolute Gasteiger partial charge is 0.271 e. The van der Waals surface area contributed by atoms with E-state index in [1.54, 1.807) is 25.1 Å². The van der Waals surface area contributed by atoms with Gasteiger partial charge in [-0.1, -0.05) is 23.7 Å². The van der Waals surface area contributed by atoms with E-state index >= 15 is 0 Å². The van der Waals surface area contributed by atoms with Gasteiger partial charge in [0.25, 0.3) is 11.6 Å². The summed E-state index contributed by atoms with van der Waals surface area (Å²) in [5.74, 6) is -0.474. The van der Waals surface area contributed by atoms with Crippen molar-refractivity contribution in [2.45, 2.75) is 6.92 Å². The molecule has 1 amide bonds. The van der Waals surface area contributed by atoms with Gasteiger partial charge in [0.2, 0.25) is 0 Å². The molecule has 0 bridgehead atoms. The maximum atomic E-state index is 12.2. The van der Waals surface area contributed by atoms with Gasteiger partial charge in [-0.25, -0.2) is 0 Å². The second-order valence-corrected chi connectivity index (χ2v) is 4.82. The highest BCUT2D eigenvalue weighted by Crippen LogP contribution is 2.25. The fourth-order valence-electron chi connectivity index (χ4n) is 1.78. The molecule has 7 heteroatoms. The lowest BCUT2D eigenvalue weighted by atomic mass is 10.1. The lowest BCUT2D eigenvalue weighted by Gasteiger charge is -2.10. The third-order valence-corrected chi connectivity index (χ3v) is 3.31. The van der Waals surface area contributed by atoms with Crippen LogP contribution < -0.4 is 11.1 Å². The normalized spacial score (nSPS) is 10.2. The zero-order valence-corrected chi connectivity index (χ0v) is 11.8. The van der Waals surface area contributed by atoms with E-state index in [0.717, 1.165) is 0 Å². The van der Waals surface area contributed by atoms with Crippen molar-refractivity contribution in [2.75, 3.05) is 11.1 Å². The van der Waals surface area contributed by atoms with E-state index in [4.69, 9.17) is 17.3 Å². The second-order valence-electron chi connectivity index (χ2n) is 4.41. The molecule has 0 aliphatic carbocycles. The Morgan fingerprint density at radius 3 is 2.71 bits per heavy atom. The van der Waals surface area contributed by atoms with Crippen LogP contribution in [-0.2, 0) is 0 Å². The molecule has 0 radical (unpaired) electrons. The fraction of sp³-hybridized carbons (Fsp3) is 0.0714. The Balaban J connectivity index is 2.33. The molecule has 108 valence electrons. The highest BCUT2D eigenvalue weighted by Gasteiger charge is 2.15. The zero-order chi connectivity index (χ0) is 15.6. The molecule has 0 aromatic heterocycles. The van der Waals surface area contributed by atoms with E-state index in [9.17, 15) is 14.9 Å². The summed E-state index contributed by atoms with van der Waals surface area (Å²) in [5, 5.41) is 13.7. The molecule has 0 fully saturated rings. The Morgan fingerprint density at radius 1 is 1.33 bits per heavy atom. The average Bonchev–Trinajstić information content (AvgIpc) is 2.43. The number of amides is 1. The number of hydrogen-bond acceptors (Lipinski definition) is 4. The number of anilines is 2. The Labute approximate surface area is 125 Å². The molecular formula is C14H12ClN3O3. The summed E-state index contributed by atoms with van der Waals surface area (Å²) in [7, 11) is 0. The van der Waals surface area contributed by atoms with Crippen LogP contribution in [-0.4, -0.2) is 10.8 Å². The van der Waals surface area contributed by atoms with Gasteiger partial charge in [-0.3, -0.25) is 14.9 Å². The van der Waals surface area contributed by atoms with Crippen LogP contribution in [0.4, 0.5) is 17.1 Å². The van der Waals surface area contributed by atoms with Crippen molar-refractivity contribution in [1.29, 1.82) is 0 Å². The number of benzene rings is 2. The fourth-order valence-corrected chi connectivity index (χ4v) is 1.96. The van der Waals surface area contributed by atoms with E-state index < -0.39 is 10.8 Å². The first-order valence-corrected chi connectivity index (χ1v) is 6.38. The van der Waals surface area contributed by atoms with E-state index in [1.165, 1.54) is 18.2 Å². The third kappa shape index (κ3) is 3.11. The van der Waals surface area contributed by atoms with Crippen LogP contribution in [0.25, 0.3) is 0 Å². The van der Waals surface area contributed by atoms with Crippen LogP contribution >= 0.6 is 11.6 Å². The van der Waals surface area contributed by atoms with Crippen molar-refractivity contribution in [2.24, 2.45) is 0 Å². The molecule has 0 saturated heterocycles. The van der Waals surface area contributed by atoms with Crippen molar-refractivity contribution in [1.82, 2.24) is 0 Å². The minimum atomic E-state index is -0.525. The van der Waals surface area contributed by atoms with E-state index in [1.807, 2.05) is 0 Å². The number of non-ortho nitro benzene ring substituents is 1. The van der Waals surface area contributed by atoms with Gasteiger partial charge in [-0.2, -0.15) is 0 Å². The number of nitro groups is 1. The average molecular weight is 306 g/mol. The number of carbonyl (C=O) groups excluding carboxylic acids is 1. The number of carbonyl (C=O) groups is 1. The second kappa shape index (κ2) is 5.80. The number of aryl methyl sites for hydroxylation is 1. The monoisotopic (exact) mass is 305 g/mol. The summed E-state index contributed by atoms with van der Waals surface area (Å²) < 4.78 is 0. The lowest BCUT2D eigenvalue weighted by Crippen LogP contribution is -2.15. The molecule has 0 atom stereocenters. The summed E-state index contributed by atoms with van der Waals surface area (Å²) >= 11 is 5.86. The van der Waals surface area contributed by atoms with Gasteiger partial charge in [0, 0.05) is 12.1 Å². The first kappa shape index (κ1) is 14.8. The van der Waals surface area contributed by atoms with E-state index in [-0.39, 0.29) is 22.0 Å². The minimum absolute atomic E-state index is 0.102. The Kier molecular flexibility index (Phi) is 4.09. The largest absolute Gasteiger partial charge is 0.397 e. The molecule has 0 spiro atoms. The number of para-hydroxylation sites is 1. The zero-order valence-electron chi connectivity index (χ0n) is 11.1. The van der Waals surface area contributed by atoms with E-state index in [2.05, 4.69) is 5.32 Å². The lowest BCUT2D eigenvalue weighted by molar-refractivity contribution is -0.384. The maximum Gasteiger partial charge on any atom is 0.271 e. The van der Waals surface area contributed by atoms with Crippen molar-refractivity contribution in [3.63, 3.8) is 0 Å². The van der Waals surface area contributed by atoms with E-state index in [0.29, 0.717) is 11.3 Å². The number of nitrogens with two attached hydrogens (primary N) is 1. The summed E-state index contributed by atoms with van der Waals surface area (Å²) in [6.07, 6.45) is 0. The molecular weight excluding hydrogens is 294 g/mol. The molecule has 3 N–H and O–H groups in total. The molecule has 2 rings (SSSR count). The third-order valence-electron chi connectivity index (χ3n) is 2.98. The molecule has 6 nitrogen and oxygen atoms in total. The van der Waals surface area contributed by atoms with Crippen LogP contribution in [0, 0.1) is 17.0 Å². The molecule has 0 heterocycles. The molecule has 0 aliphatic heterocycles. The number of nitrogen functional groups attached to an aromatic ring is 1. The SMILES string of the molecule is Cc1ccc([N+](=O)[O-])cc1NC(=O)c1cccc(Cl)c1N. The molecule has 2 aromatic carbocycles. The van der Waals surface area contributed by atoms with Gasteiger partial charge in [-0.05, 0) is 24.6 Å². The van der Waals surface area contributed by atoms with Crippen LogP contribution in [0.2, 0.25) is 5.02 Å². The first-order chi connectivity index (χ1) is 9.90. The molecule has 2 aromatic rings. The summed E-state index contributed by atoms with van der Waals surface area (Å²) in [6, 6.07) is 8.95. The number of halogens is 1. The summed E-state index contributed by atoms with van der Waals surface area (Å²) in [4.78, 5) is 22.5. The van der Waals surface area contributed by atoms with Gasteiger partial charge in [0.15, 0.2) is 0 Å². The van der Waals surface area contributed by atoms with Crippen molar-refractivity contribution in [3.05, 3.63) is 62.7 Å². The quantitative estimate of drug-likeness (QED) is 0.516. The number of nitrogens with one attached hydrogen (secondary N) is 1. The van der Waals surface area contributed by atoms with Crippen molar-refractivity contribution in [3.8, 4) is 0 Å². The Morgan fingerprint density at radius 2 is 2.05 bits per heavy atom. The highest BCUT2D eigenvalue weighted by atomic mass is 35.5. The predicted octanol–water partition coefficient (Wildman–Crippen LogP) is 3.39.